The topological polar surface area (TPSA) is 59.0 Å². The second kappa shape index (κ2) is 7.13. The van der Waals surface area contributed by atoms with Crippen LogP contribution >= 0.6 is 23.2 Å². The molecule has 2 aromatic carbocycles. The summed E-state index contributed by atoms with van der Waals surface area (Å²) >= 11 is 12.9. The summed E-state index contributed by atoms with van der Waals surface area (Å²) in [6.07, 6.45) is 2.92. The quantitative estimate of drug-likeness (QED) is 0.700. The van der Waals surface area contributed by atoms with Crippen LogP contribution in [0.2, 0.25) is 10.0 Å². The molecule has 27 heavy (non-hydrogen) atoms. The van der Waals surface area contributed by atoms with E-state index in [1.165, 1.54) is 6.07 Å². The molecule has 0 saturated carbocycles. The molecule has 0 bridgehead atoms. The summed E-state index contributed by atoms with van der Waals surface area (Å²) in [5, 5.41) is 11.5. The Bertz CT molecular complexity index is 915. The van der Waals surface area contributed by atoms with Crippen molar-refractivity contribution in [3.05, 3.63) is 45.4 Å². The third-order valence-electron chi connectivity index (χ3n) is 5.00. The number of nitrogens with zero attached hydrogens (tertiary/aromatic N) is 1. The zero-order chi connectivity index (χ0) is 19.1. The number of phenols is 1. The molecular formula is C20H19Cl2NO4. The van der Waals surface area contributed by atoms with Gasteiger partial charge in [0, 0.05) is 28.8 Å². The molecule has 1 unspecified atom stereocenters. The molecule has 2 heterocycles. The van der Waals surface area contributed by atoms with E-state index >= 15 is 0 Å². The minimum absolute atomic E-state index is 0.0324. The molecule has 142 valence electrons. The van der Waals surface area contributed by atoms with Crippen LogP contribution in [0.5, 0.6) is 17.2 Å². The number of benzene rings is 2. The maximum absolute atomic E-state index is 13.3. The zero-order valence-electron chi connectivity index (χ0n) is 14.8. The van der Waals surface area contributed by atoms with Crippen molar-refractivity contribution in [1.82, 2.24) is 0 Å². The van der Waals surface area contributed by atoms with Crippen molar-refractivity contribution < 1.29 is 19.4 Å². The van der Waals surface area contributed by atoms with Crippen LogP contribution in [0, 0.1) is 0 Å². The lowest BCUT2D eigenvalue weighted by Gasteiger charge is -2.19. The normalized spacial score (nSPS) is 17.5. The molecule has 0 aliphatic carbocycles. The molecule has 2 aliphatic heterocycles. The highest BCUT2D eigenvalue weighted by Gasteiger charge is 2.42. The number of hydrogen-bond donors (Lipinski definition) is 1. The van der Waals surface area contributed by atoms with Gasteiger partial charge in [-0.25, -0.2) is 0 Å². The van der Waals surface area contributed by atoms with Gasteiger partial charge in [0.1, 0.15) is 5.75 Å². The lowest BCUT2D eigenvalue weighted by Crippen LogP contribution is -2.30. The Labute approximate surface area is 167 Å². The van der Waals surface area contributed by atoms with Gasteiger partial charge in [0.25, 0.3) is 0 Å². The number of phenolic OH excluding ortho intramolecular Hbond substituents is 1. The van der Waals surface area contributed by atoms with Crippen LogP contribution in [-0.2, 0) is 4.79 Å². The third-order valence-corrected chi connectivity index (χ3v) is 5.64. The van der Waals surface area contributed by atoms with E-state index in [0.717, 1.165) is 19.3 Å². The Morgan fingerprint density at radius 1 is 1.15 bits per heavy atom. The van der Waals surface area contributed by atoms with Gasteiger partial charge in [-0.15, -0.1) is 0 Å². The highest BCUT2D eigenvalue weighted by Crippen LogP contribution is 2.51. The summed E-state index contributed by atoms with van der Waals surface area (Å²) < 4.78 is 10.7. The van der Waals surface area contributed by atoms with E-state index < -0.39 is 5.92 Å². The first-order valence-electron chi connectivity index (χ1n) is 8.94. The lowest BCUT2D eigenvalue weighted by molar-refractivity contribution is -0.118. The van der Waals surface area contributed by atoms with Gasteiger partial charge in [-0.1, -0.05) is 43.0 Å². The van der Waals surface area contributed by atoms with Crippen molar-refractivity contribution >= 4 is 34.8 Å². The first kappa shape index (κ1) is 18.3. The van der Waals surface area contributed by atoms with Crippen LogP contribution in [-0.4, -0.2) is 24.4 Å². The van der Waals surface area contributed by atoms with E-state index in [4.69, 9.17) is 32.7 Å². The molecule has 1 atom stereocenters. The van der Waals surface area contributed by atoms with E-state index in [2.05, 4.69) is 6.92 Å². The van der Waals surface area contributed by atoms with Gasteiger partial charge in [0.15, 0.2) is 11.5 Å². The first-order chi connectivity index (χ1) is 13.0. The van der Waals surface area contributed by atoms with E-state index in [1.807, 2.05) is 0 Å². The standard InChI is InChI=1S/C20H19Cl2NO4/c1-2-3-4-7-23-19-13(22)6-5-12(21)18(19)17(20(23)25)11-8-15-16(9-14(11)24)27-10-26-15/h5-6,8-9,17,24H,2-4,7,10H2,1H3. The number of fused-ring (bicyclic) bond motifs is 2. The smallest absolute Gasteiger partial charge is 0.239 e. The van der Waals surface area contributed by atoms with Crippen LogP contribution in [0.1, 0.15) is 43.2 Å². The van der Waals surface area contributed by atoms with Crippen LogP contribution in [0.25, 0.3) is 0 Å². The number of aromatic hydroxyl groups is 1. The summed E-state index contributed by atoms with van der Waals surface area (Å²) in [6.45, 7) is 2.75. The number of anilines is 1. The molecule has 7 heteroatoms. The van der Waals surface area contributed by atoms with Crippen molar-refractivity contribution in [2.24, 2.45) is 0 Å². The molecule has 4 rings (SSSR count). The maximum atomic E-state index is 13.3. The van der Waals surface area contributed by atoms with Crippen molar-refractivity contribution in [1.29, 1.82) is 0 Å². The van der Waals surface area contributed by atoms with Crippen molar-refractivity contribution in [3.8, 4) is 17.2 Å². The van der Waals surface area contributed by atoms with Crippen LogP contribution in [0.4, 0.5) is 5.69 Å². The number of amides is 1. The first-order valence-corrected chi connectivity index (χ1v) is 9.70. The van der Waals surface area contributed by atoms with Gasteiger partial charge in [-0.05, 0) is 24.6 Å². The Morgan fingerprint density at radius 2 is 1.85 bits per heavy atom. The fourth-order valence-electron chi connectivity index (χ4n) is 3.70. The number of rotatable bonds is 5. The Hall–Kier alpha value is -2.11. The maximum Gasteiger partial charge on any atom is 0.239 e. The van der Waals surface area contributed by atoms with Crippen LogP contribution in [0.3, 0.4) is 0 Å². The molecule has 1 N–H and O–H groups in total. The number of unbranched alkanes of at least 4 members (excludes halogenated alkanes) is 2. The largest absolute Gasteiger partial charge is 0.507 e. The van der Waals surface area contributed by atoms with Gasteiger partial charge in [-0.2, -0.15) is 0 Å². The van der Waals surface area contributed by atoms with Crippen molar-refractivity contribution in [3.63, 3.8) is 0 Å². The Balaban J connectivity index is 1.83. The third kappa shape index (κ3) is 2.99. The fraction of sp³-hybridized carbons (Fsp3) is 0.350. The number of hydrogen-bond acceptors (Lipinski definition) is 4. The van der Waals surface area contributed by atoms with E-state index in [1.54, 1.807) is 23.1 Å². The van der Waals surface area contributed by atoms with E-state index in [9.17, 15) is 9.90 Å². The molecule has 0 radical (unpaired) electrons. The zero-order valence-corrected chi connectivity index (χ0v) is 16.3. The van der Waals surface area contributed by atoms with Gasteiger partial charge in [0.2, 0.25) is 12.7 Å². The predicted octanol–water partition coefficient (Wildman–Crippen LogP) is 5.10. The molecular weight excluding hydrogens is 389 g/mol. The molecule has 0 saturated heterocycles. The fourth-order valence-corrected chi connectivity index (χ4v) is 4.23. The molecule has 1 amide bonds. The minimum atomic E-state index is -0.734. The van der Waals surface area contributed by atoms with Crippen LogP contribution in [0.15, 0.2) is 24.3 Å². The van der Waals surface area contributed by atoms with Crippen molar-refractivity contribution in [2.75, 3.05) is 18.2 Å². The van der Waals surface area contributed by atoms with E-state index in [-0.39, 0.29) is 18.4 Å². The Kier molecular flexibility index (Phi) is 4.82. The van der Waals surface area contributed by atoms with Gasteiger partial charge < -0.3 is 19.5 Å². The molecule has 0 aromatic heterocycles. The molecule has 0 spiro atoms. The second-order valence-electron chi connectivity index (χ2n) is 6.69. The summed E-state index contributed by atoms with van der Waals surface area (Å²) in [6, 6.07) is 6.51. The van der Waals surface area contributed by atoms with Gasteiger partial charge in [0.05, 0.1) is 16.6 Å². The van der Waals surface area contributed by atoms with E-state index in [0.29, 0.717) is 44.9 Å². The van der Waals surface area contributed by atoms with Crippen LogP contribution < -0.4 is 14.4 Å². The average molecular weight is 408 g/mol. The number of halogens is 2. The number of carbonyl (C=O) groups excluding carboxylic acids is 1. The second-order valence-corrected chi connectivity index (χ2v) is 7.50. The number of carbonyl (C=O) groups is 1. The van der Waals surface area contributed by atoms with Gasteiger partial charge >= 0.3 is 0 Å². The molecule has 2 aliphatic rings. The Morgan fingerprint density at radius 3 is 2.59 bits per heavy atom. The van der Waals surface area contributed by atoms with Crippen molar-refractivity contribution in [2.45, 2.75) is 32.1 Å². The number of ether oxygens (including phenoxy) is 2. The summed E-state index contributed by atoms with van der Waals surface area (Å²) in [5.41, 5.74) is 1.69. The average Bonchev–Trinajstić information content (AvgIpc) is 3.21. The molecule has 2 aromatic rings. The minimum Gasteiger partial charge on any atom is -0.507 e. The molecule has 0 fully saturated rings. The SMILES string of the molecule is CCCCCN1C(=O)C(c2cc3c(cc2O)OCO3)c2c(Cl)ccc(Cl)c21. The molecule has 5 nitrogen and oxygen atoms in total. The highest BCUT2D eigenvalue weighted by molar-refractivity contribution is 6.38. The predicted molar refractivity (Wildman–Crippen MR) is 104 cm³/mol. The lowest BCUT2D eigenvalue weighted by atomic mass is 9.91. The monoisotopic (exact) mass is 407 g/mol. The summed E-state index contributed by atoms with van der Waals surface area (Å²) in [5.74, 6) is 0.0428. The summed E-state index contributed by atoms with van der Waals surface area (Å²) in [4.78, 5) is 15.0. The summed E-state index contributed by atoms with van der Waals surface area (Å²) in [7, 11) is 0. The highest BCUT2D eigenvalue weighted by atomic mass is 35.5. The van der Waals surface area contributed by atoms with Gasteiger partial charge in [-0.3, -0.25) is 4.79 Å².